The highest BCUT2D eigenvalue weighted by Crippen LogP contribution is 2.22. The Balaban J connectivity index is 1.46. The lowest BCUT2D eigenvalue weighted by Crippen LogP contribution is -2.63. The minimum absolute atomic E-state index is 0.00984. The first-order chi connectivity index (χ1) is 21.7. The maximum atomic E-state index is 13.8. The molecule has 242 valence electrons. The van der Waals surface area contributed by atoms with E-state index >= 15 is 0 Å². The molecule has 4 N–H and O–H groups in total. The maximum absolute atomic E-state index is 13.8. The molecule has 0 saturated carbocycles. The molecule has 2 fully saturated rings. The van der Waals surface area contributed by atoms with Crippen LogP contribution in [0.25, 0.3) is 0 Å². The Labute approximate surface area is 264 Å². The zero-order valence-corrected chi connectivity index (χ0v) is 26.2. The van der Waals surface area contributed by atoms with Crippen LogP contribution in [0.4, 0.5) is 0 Å². The van der Waals surface area contributed by atoms with E-state index in [4.69, 9.17) is 16.0 Å². The van der Waals surface area contributed by atoms with Crippen molar-refractivity contribution in [2.24, 2.45) is 11.7 Å². The molecule has 0 spiro atoms. The van der Waals surface area contributed by atoms with Crippen LogP contribution >= 0.6 is 0 Å². The summed E-state index contributed by atoms with van der Waals surface area (Å²) in [5, 5.41) is 11.7. The number of hydrogen-bond acceptors (Lipinski definition) is 6. The number of nitrogens with one attached hydrogen (secondary N) is 2. The number of likely N-dealkylation sites (N-methyl/N-ethyl adjacent to an activating group) is 1. The topological polar surface area (TPSA) is 152 Å². The molecular formula is C33H45N7O5. The molecule has 0 aliphatic carbocycles. The number of hydroxylamine groups is 2. The quantitative estimate of drug-likeness (QED) is 0.174. The SMILES string of the molecule is CON(C)C(=O)C(CC1CCCN(C(=N)N)C1)NC(=O)CN1C(=O)CN(CCCc2ccccc2)C(=O)C1Cc1ccccc1. The zero-order chi connectivity index (χ0) is 32.3. The Bertz CT molecular complexity index is 1330. The first-order valence-electron chi connectivity index (χ1n) is 15.5. The highest BCUT2D eigenvalue weighted by Gasteiger charge is 2.40. The van der Waals surface area contributed by atoms with Crippen molar-refractivity contribution in [2.45, 2.75) is 50.6 Å². The van der Waals surface area contributed by atoms with Crippen LogP contribution in [-0.4, -0.2) is 108 Å². The number of likely N-dealkylation sites (tertiary alicyclic amines) is 1. The number of piperidine rings is 1. The number of rotatable bonds is 13. The van der Waals surface area contributed by atoms with Gasteiger partial charge in [0.1, 0.15) is 18.6 Å². The highest BCUT2D eigenvalue weighted by molar-refractivity contribution is 5.97. The minimum atomic E-state index is -0.919. The van der Waals surface area contributed by atoms with Crippen LogP contribution in [0.5, 0.6) is 0 Å². The molecule has 0 radical (unpaired) electrons. The Kier molecular flexibility index (Phi) is 11.9. The fourth-order valence-electron chi connectivity index (χ4n) is 6.13. The molecule has 12 heteroatoms. The van der Waals surface area contributed by atoms with Gasteiger partial charge in [0.2, 0.25) is 17.7 Å². The number of nitrogens with zero attached hydrogens (tertiary/aromatic N) is 4. The molecule has 0 bridgehead atoms. The number of guanidine groups is 1. The number of carbonyl (C=O) groups is 4. The van der Waals surface area contributed by atoms with Gasteiger partial charge in [0, 0.05) is 33.1 Å². The molecule has 0 aromatic heterocycles. The van der Waals surface area contributed by atoms with Gasteiger partial charge in [0.05, 0.1) is 13.7 Å². The van der Waals surface area contributed by atoms with Crippen LogP contribution in [0.15, 0.2) is 60.7 Å². The van der Waals surface area contributed by atoms with Crippen molar-refractivity contribution >= 4 is 29.6 Å². The van der Waals surface area contributed by atoms with Gasteiger partial charge in [0.25, 0.3) is 5.91 Å². The summed E-state index contributed by atoms with van der Waals surface area (Å²) >= 11 is 0. The minimum Gasteiger partial charge on any atom is -0.370 e. The average Bonchev–Trinajstić information content (AvgIpc) is 3.05. The largest absolute Gasteiger partial charge is 0.370 e. The molecule has 4 amide bonds. The normalized spacial score (nSPS) is 19.3. The van der Waals surface area contributed by atoms with E-state index < -0.39 is 23.9 Å². The number of benzene rings is 2. The van der Waals surface area contributed by atoms with Crippen molar-refractivity contribution in [1.29, 1.82) is 5.41 Å². The summed E-state index contributed by atoms with van der Waals surface area (Å²) in [5.74, 6) is -1.49. The zero-order valence-electron chi connectivity index (χ0n) is 26.2. The third-order valence-electron chi connectivity index (χ3n) is 8.59. The van der Waals surface area contributed by atoms with Crippen LogP contribution in [0, 0.1) is 11.3 Å². The van der Waals surface area contributed by atoms with E-state index in [0.717, 1.165) is 35.5 Å². The smallest absolute Gasteiger partial charge is 0.268 e. The predicted octanol–water partition coefficient (Wildman–Crippen LogP) is 1.40. The van der Waals surface area contributed by atoms with Crippen LogP contribution in [-0.2, 0) is 36.9 Å². The number of aryl methyl sites for hydroxylation is 1. The number of nitrogens with two attached hydrogens (primary N) is 1. The summed E-state index contributed by atoms with van der Waals surface area (Å²) < 4.78 is 0. The van der Waals surface area contributed by atoms with Crippen LogP contribution in [0.2, 0.25) is 0 Å². The molecule has 2 saturated heterocycles. The number of piperazine rings is 1. The lowest BCUT2D eigenvalue weighted by Gasteiger charge is -2.40. The second-order valence-corrected chi connectivity index (χ2v) is 11.8. The Morgan fingerprint density at radius 1 is 1.09 bits per heavy atom. The number of hydrogen-bond donors (Lipinski definition) is 3. The van der Waals surface area contributed by atoms with Gasteiger partial charge in [-0.25, -0.2) is 5.06 Å². The molecule has 12 nitrogen and oxygen atoms in total. The van der Waals surface area contributed by atoms with E-state index in [0.29, 0.717) is 32.5 Å². The van der Waals surface area contributed by atoms with Crippen molar-refractivity contribution in [2.75, 3.05) is 46.9 Å². The average molecular weight is 620 g/mol. The molecule has 3 unspecified atom stereocenters. The molecular weight excluding hydrogens is 574 g/mol. The number of carbonyl (C=O) groups excluding carboxylic acids is 4. The molecule has 45 heavy (non-hydrogen) atoms. The van der Waals surface area contributed by atoms with Crippen molar-refractivity contribution in [1.82, 2.24) is 25.1 Å². The lowest BCUT2D eigenvalue weighted by atomic mass is 9.91. The van der Waals surface area contributed by atoms with Crippen LogP contribution in [0.3, 0.4) is 0 Å². The van der Waals surface area contributed by atoms with Gasteiger partial charge >= 0.3 is 0 Å². The van der Waals surface area contributed by atoms with Crippen molar-refractivity contribution in [3.63, 3.8) is 0 Å². The van der Waals surface area contributed by atoms with E-state index in [1.54, 1.807) is 9.80 Å². The summed E-state index contributed by atoms with van der Waals surface area (Å²) in [5.41, 5.74) is 7.75. The molecule has 4 rings (SSSR count). The van der Waals surface area contributed by atoms with Gasteiger partial charge in [-0.1, -0.05) is 60.7 Å². The summed E-state index contributed by atoms with van der Waals surface area (Å²) in [6.07, 6.45) is 3.71. The maximum Gasteiger partial charge on any atom is 0.268 e. The van der Waals surface area contributed by atoms with Gasteiger partial charge in [-0.2, -0.15) is 0 Å². The summed E-state index contributed by atoms with van der Waals surface area (Å²) in [6.45, 7) is 1.15. The Morgan fingerprint density at radius 2 is 1.76 bits per heavy atom. The monoisotopic (exact) mass is 619 g/mol. The van der Waals surface area contributed by atoms with Crippen LogP contribution in [0.1, 0.15) is 36.8 Å². The highest BCUT2D eigenvalue weighted by atomic mass is 16.7. The van der Waals surface area contributed by atoms with Gasteiger partial charge in [-0.05, 0) is 49.1 Å². The van der Waals surface area contributed by atoms with Gasteiger partial charge in [-0.15, -0.1) is 0 Å². The van der Waals surface area contributed by atoms with E-state index in [9.17, 15) is 19.2 Å². The standard InChI is InChI=1S/C33H45N7O5/c1-37(45-2)31(43)27(19-26-16-10-18-39(21-26)33(34)35)36-29(41)22-40-28(20-25-13-7-4-8-14-25)32(44)38(23-30(40)42)17-9-15-24-11-5-3-6-12-24/h3-8,11-14,26-28H,9-10,15-23H2,1-2H3,(H3,34,35)(H,36,41). The molecule has 2 aromatic rings. The van der Waals surface area contributed by atoms with Gasteiger partial charge in [0.15, 0.2) is 5.96 Å². The Morgan fingerprint density at radius 3 is 2.40 bits per heavy atom. The predicted molar refractivity (Wildman–Crippen MR) is 170 cm³/mol. The second-order valence-electron chi connectivity index (χ2n) is 11.8. The van der Waals surface area contributed by atoms with Gasteiger partial charge in [-0.3, -0.25) is 29.4 Å². The number of amides is 4. The van der Waals surface area contributed by atoms with E-state index in [1.807, 2.05) is 60.7 Å². The molecule has 2 aromatic carbocycles. The van der Waals surface area contributed by atoms with Crippen LogP contribution < -0.4 is 11.1 Å². The summed E-state index contributed by atoms with van der Waals surface area (Å²) in [7, 11) is 2.84. The molecule has 2 aliphatic rings. The summed E-state index contributed by atoms with van der Waals surface area (Å²) in [6, 6.07) is 17.6. The first-order valence-corrected chi connectivity index (χ1v) is 15.5. The van der Waals surface area contributed by atoms with Crippen molar-refractivity contribution in [3.05, 3.63) is 71.8 Å². The molecule has 2 aliphatic heterocycles. The van der Waals surface area contributed by atoms with E-state index in [2.05, 4.69) is 5.32 Å². The second kappa shape index (κ2) is 16.0. The van der Waals surface area contributed by atoms with Crippen molar-refractivity contribution < 1.29 is 24.0 Å². The molecule has 3 atom stereocenters. The van der Waals surface area contributed by atoms with Crippen molar-refractivity contribution in [3.8, 4) is 0 Å². The van der Waals surface area contributed by atoms with Gasteiger partial charge < -0.3 is 25.8 Å². The first kappa shape index (κ1) is 33.4. The molecule has 2 heterocycles. The fourth-order valence-corrected chi connectivity index (χ4v) is 6.13. The Hall–Kier alpha value is -4.45. The lowest BCUT2D eigenvalue weighted by molar-refractivity contribution is -0.172. The fraction of sp³-hybridized carbons (Fsp3) is 0.485. The van der Waals surface area contributed by atoms with E-state index in [1.165, 1.54) is 19.1 Å². The van der Waals surface area contributed by atoms with E-state index in [-0.39, 0.29) is 43.2 Å². The third kappa shape index (κ3) is 9.27. The third-order valence-corrected chi connectivity index (χ3v) is 8.59. The summed E-state index contributed by atoms with van der Waals surface area (Å²) in [4.78, 5) is 63.9.